The average molecular weight is 366 g/mol. The molecule has 0 aromatic heterocycles. The molecule has 0 amide bonds. The van der Waals surface area contributed by atoms with Gasteiger partial charge in [0.15, 0.2) is 5.78 Å². The second-order valence-corrected chi connectivity index (χ2v) is 5.74. The van der Waals surface area contributed by atoms with Crippen LogP contribution in [0.5, 0.6) is 0 Å². The predicted octanol–water partition coefficient (Wildman–Crippen LogP) is 4.55. The van der Waals surface area contributed by atoms with Crippen molar-refractivity contribution in [1.82, 2.24) is 4.90 Å². The number of nitrogen functional groups attached to an aromatic ring is 1. The van der Waals surface area contributed by atoms with Gasteiger partial charge >= 0.3 is 6.18 Å². The van der Waals surface area contributed by atoms with Crippen LogP contribution in [0.15, 0.2) is 28.8 Å². The number of benzene rings is 1. The van der Waals surface area contributed by atoms with Crippen LogP contribution in [0, 0.1) is 5.82 Å². The summed E-state index contributed by atoms with van der Waals surface area (Å²) in [6, 6.07) is 2.26. The zero-order chi connectivity index (χ0) is 19.1. The molecular formula is C16H22F4N2OS. The van der Waals surface area contributed by atoms with Crippen molar-refractivity contribution in [2.45, 2.75) is 26.9 Å². The quantitative estimate of drug-likeness (QED) is 0.482. The molecule has 24 heavy (non-hydrogen) atoms. The Bertz CT molecular complexity index is 600. The van der Waals surface area contributed by atoms with E-state index in [9.17, 15) is 22.4 Å². The van der Waals surface area contributed by atoms with E-state index in [-0.39, 0.29) is 11.5 Å². The van der Waals surface area contributed by atoms with Gasteiger partial charge in [0.25, 0.3) is 0 Å². The molecule has 1 aromatic rings. The molecule has 0 heterocycles. The molecule has 0 radical (unpaired) electrons. The summed E-state index contributed by atoms with van der Waals surface area (Å²) >= 11 is 1.52. The summed E-state index contributed by atoms with van der Waals surface area (Å²) in [6.45, 7) is 6.60. The van der Waals surface area contributed by atoms with Crippen LogP contribution in [0.3, 0.4) is 0 Å². The molecule has 0 fully saturated rings. The number of hydrogen-bond donors (Lipinski definition) is 1. The SMILES string of the molecule is CCN(C)/C(C)=C(\SC)C(C)=O.Nc1ccc(C(F)(F)F)c(F)c1. The number of alkyl halides is 3. The fourth-order valence-electron chi connectivity index (χ4n) is 1.72. The van der Waals surface area contributed by atoms with Crippen LogP contribution in [-0.4, -0.2) is 30.5 Å². The Hall–Kier alpha value is -1.70. The summed E-state index contributed by atoms with van der Waals surface area (Å²) in [7, 11) is 1.99. The zero-order valence-electron chi connectivity index (χ0n) is 14.3. The van der Waals surface area contributed by atoms with Gasteiger partial charge in [0.05, 0.1) is 10.5 Å². The number of halogens is 4. The molecule has 0 aliphatic rings. The number of rotatable bonds is 4. The van der Waals surface area contributed by atoms with E-state index in [4.69, 9.17) is 5.73 Å². The Morgan fingerprint density at radius 3 is 2.17 bits per heavy atom. The van der Waals surface area contributed by atoms with Crippen LogP contribution in [0.2, 0.25) is 0 Å². The number of carbonyl (C=O) groups excluding carboxylic acids is 1. The lowest BCUT2D eigenvalue weighted by molar-refractivity contribution is -0.140. The zero-order valence-corrected chi connectivity index (χ0v) is 15.1. The maximum atomic E-state index is 12.5. The number of allylic oxidation sites excluding steroid dienone is 2. The minimum absolute atomic E-state index is 0.0273. The van der Waals surface area contributed by atoms with E-state index in [0.717, 1.165) is 23.2 Å². The molecule has 0 aliphatic heterocycles. The van der Waals surface area contributed by atoms with Crippen molar-refractivity contribution in [3.8, 4) is 0 Å². The molecule has 0 aliphatic carbocycles. The van der Waals surface area contributed by atoms with Crippen LogP contribution in [0.1, 0.15) is 26.3 Å². The van der Waals surface area contributed by atoms with Crippen LogP contribution in [-0.2, 0) is 11.0 Å². The maximum absolute atomic E-state index is 12.5. The Morgan fingerprint density at radius 2 is 1.83 bits per heavy atom. The van der Waals surface area contributed by atoms with E-state index in [1.54, 1.807) is 6.92 Å². The fraction of sp³-hybridized carbons (Fsp3) is 0.438. The van der Waals surface area contributed by atoms with Crippen LogP contribution >= 0.6 is 11.8 Å². The topological polar surface area (TPSA) is 46.3 Å². The fourth-order valence-corrected chi connectivity index (χ4v) is 2.46. The van der Waals surface area contributed by atoms with Crippen molar-refractivity contribution in [3.05, 3.63) is 40.2 Å². The standard InChI is InChI=1S/C9H17NOS.C7H5F4N/c1-6-10(4)7(2)9(12-5)8(3)11;8-6-3-4(12)1-2-5(6)7(9,10)11/h6H2,1-5H3;1-3H,12H2/b9-7-;. The van der Waals surface area contributed by atoms with Crippen LogP contribution < -0.4 is 5.73 Å². The van der Waals surface area contributed by atoms with Gasteiger partial charge in [-0.25, -0.2) is 4.39 Å². The number of nitrogens with zero attached hydrogens (tertiary/aromatic N) is 1. The van der Waals surface area contributed by atoms with E-state index >= 15 is 0 Å². The van der Waals surface area contributed by atoms with Gasteiger partial charge in [-0.15, -0.1) is 11.8 Å². The lowest BCUT2D eigenvalue weighted by atomic mass is 10.2. The lowest BCUT2D eigenvalue weighted by Crippen LogP contribution is -2.17. The molecular weight excluding hydrogens is 344 g/mol. The molecule has 0 unspecified atom stereocenters. The predicted molar refractivity (Wildman–Crippen MR) is 91.0 cm³/mol. The molecule has 0 atom stereocenters. The van der Waals surface area contributed by atoms with Gasteiger partial charge in [-0.3, -0.25) is 4.79 Å². The highest BCUT2D eigenvalue weighted by atomic mass is 32.2. The summed E-state index contributed by atoms with van der Waals surface area (Å²) in [5.41, 5.74) is 4.81. The number of thioether (sulfide) groups is 1. The number of anilines is 1. The molecule has 8 heteroatoms. The minimum atomic E-state index is -4.65. The van der Waals surface area contributed by atoms with Gasteiger partial charge in [0.2, 0.25) is 0 Å². The summed E-state index contributed by atoms with van der Waals surface area (Å²) in [5.74, 6) is -1.19. The van der Waals surface area contributed by atoms with Crippen LogP contribution in [0.25, 0.3) is 0 Å². The Morgan fingerprint density at radius 1 is 1.29 bits per heavy atom. The summed E-state index contributed by atoms with van der Waals surface area (Å²) < 4.78 is 48.2. The molecule has 0 spiro atoms. The molecule has 0 saturated heterocycles. The molecule has 136 valence electrons. The number of carbonyl (C=O) groups is 1. The molecule has 1 rings (SSSR count). The number of ketones is 1. The van der Waals surface area contributed by atoms with Crippen LogP contribution in [0.4, 0.5) is 23.2 Å². The van der Waals surface area contributed by atoms with Gasteiger partial charge < -0.3 is 10.6 Å². The number of Topliss-reactive ketones (excluding diaryl/α,β-unsaturated/α-hetero) is 1. The van der Waals surface area contributed by atoms with E-state index in [0.29, 0.717) is 12.1 Å². The van der Waals surface area contributed by atoms with Gasteiger partial charge in [0, 0.05) is 25.0 Å². The molecule has 0 bridgehead atoms. The van der Waals surface area contributed by atoms with Crippen molar-refractivity contribution in [1.29, 1.82) is 0 Å². The minimum Gasteiger partial charge on any atom is -0.399 e. The van der Waals surface area contributed by atoms with Crippen molar-refractivity contribution >= 4 is 23.2 Å². The second kappa shape index (κ2) is 9.56. The van der Waals surface area contributed by atoms with Crippen molar-refractivity contribution < 1.29 is 22.4 Å². The first-order valence-electron chi connectivity index (χ1n) is 7.04. The van der Waals surface area contributed by atoms with E-state index in [1.165, 1.54) is 11.8 Å². The highest BCUT2D eigenvalue weighted by Crippen LogP contribution is 2.31. The first-order valence-corrected chi connectivity index (χ1v) is 8.27. The number of hydrogen-bond acceptors (Lipinski definition) is 4. The van der Waals surface area contributed by atoms with Gasteiger partial charge in [-0.1, -0.05) is 0 Å². The first kappa shape index (κ1) is 22.3. The summed E-state index contributed by atoms with van der Waals surface area (Å²) in [6.07, 6.45) is -2.72. The number of nitrogens with two attached hydrogens (primary N) is 1. The summed E-state index contributed by atoms with van der Waals surface area (Å²) in [5, 5.41) is 0. The maximum Gasteiger partial charge on any atom is 0.419 e. The average Bonchev–Trinajstić information content (AvgIpc) is 2.45. The van der Waals surface area contributed by atoms with Crippen molar-refractivity contribution in [2.24, 2.45) is 0 Å². The Balaban J connectivity index is 0.000000441. The van der Waals surface area contributed by atoms with Gasteiger partial charge in [-0.2, -0.15) is 13.2 Å². The monoisotopic (exact) mass is 366 g/mol. The molecule has 2 N–H and O–H groups in total. The smallest absolute Gasteiger partial charge is 0.399 e. The highest BCUT2D eigenvalue weighted by Gasteiger charge is 2.33. The Kier molecular flexibility index (Phi) is 8.88. The first-order chi connectivity index (χ1) is 10.9. The van der Waals surface area contributed by atoms with Crippen molar-refractivity contribution in [2.75, 3.05) is 25.6 Å². The van der Waals surface area contributed by atoms with E-state index in [1.807, 2.05) is 20.2 Å². The third-order valence-electron chi connectivity index (χ3n) is 3.20. The van der Waals surface area contributed by atoms with Gasteiger partial charge in [-0.05, 0) is 45.2 Å². The molecule has 3 nitrogen and oxygen atoms in total. The largest absolute Gasteiger partial charge is 0.419 e. The van der Waals surface area contributed by atoms with Gasteiger partial charge in [0.1, 0.15) is 5.82 Å². The highest BCUT2D eigenvalue weighted by molar-refractivity contribution is 8.03. The third-order valence-corrected chi connectivity index (χ3v) is 4.19. The summed E-state index contributed by atoms with van der Waals surface area (Å²) in [4.78, 5) is 14.1. The molecule has 0 saturated carbocycles. The Labute approximate surface area is 143 Å². The van der Waals surface area contributed by atoms with Crippen molar-refractivity contribution in [3.63, 3.8) is 0 Å². The third kappa shape index (κ3) is 6.82. The second-order valence-electron chi connectivity index (χ2n) is 4.93. The molecule has 1 aromatic carbocycles. The lowest BCUT2D eigenvalue weighted by Gasteiger charge is -2.19. The van der Waals surface area contributed by atoms with E-state index in [2.05, 4.69) is 11.8 Å². The van der Waals surface area contributed by atoms with E-state index < -0.39 is 17.6 Å². The normalized spacial score (nSPS) is 12.0.